The first-order valence-corrected chi connectivity index (χ1v) is 7.41. The number of carbonyl (C=O) groups is 1. The normalized spacial score (nSPS) is 9.86. The van der Waals surface area contributed by atoms with Crippen LogP contribution in [-0.2, 0) is 11.2 Å². The van der Waals surface area contributed by atoms with E-state index < -0.39 is 0 Å². The van der Waals surface area contributed by atoms with Crippen LogP contribution in [0.1, 0.15) is 42.1 Å². The molecule has 0 amide bonds. The molecule has 0 atom stereocenters. The van der Waals surface area contributed by atoms with Crippen molar-refractivity contribution in [3.63, 3.8) is 0 Å². The maximum absolute atomic E-state index is 11.4. The average Bonchev–Trinajstić information content (AvgIpc) is 2.95. The summed E-state index contributed by atoms with van der Waals surface area (Å²) in [4.78, 5) is 15.8. The zero-order chi connectivity index (χ0) is 16.5. The average molecular weight is 305 g/mol. The van der Waals surface area contributed by atoms with Crippen molar-refractivity contribution in [1.82, 2.24) is 4.98 Å². The largest absolute Gasteiger partial charge is 0.465 e. The Labute approximate surface area is 130 Å². The van der Waals surface area contributed by atoms with Gasteiger partial charge >= 0.3 is 5.97 Å². The molecule has 5 heteroatoms. The fourth-order valence-corrected chi connectivity index (χ4v) is 1.90. The number of oxazole rings is 1. The molecular formula is C17H23NO4. The Hall–Kier alpha value is -2.14. The highest BCUT2D eigenvalue weighted by molar-refractivity contribution is 5.89. The smallest absolute Gasteiger partial charge is 0.337 e. The summed E-state index contributed by atoms with van der Waals surface area (Å²) in [5, 5.41) is 8.85. The van der Waals surface area contributed by atoms with E-state index in [1.807, 2.05) is 20.8 Å². The minimum Gasteiger partial charge on any atom is -0.465 e. The predicted molar refractivity (Wildman–Crippen MR) is 84.8 cm³/mol. The molecule has 0 aliphatic carbocycles. The maximum Gasteiger partial charge on any atom is 0.337 e. The molecule has 0 saturated heterocycles. The van der Waals surface area contributed by atoms with E-state index >= 15 is 0 Å². The predicted octanol–water partition coefficient (Wildman–Crippen LogP) is 3.39. The maximum atomic E-state index is 11.4. The molecule has 1 aromatic heterocycles. The van der Waals surface area contributed by atoms with Gasteiger partial charge in [-0.1, -0.05) is 13.8 Å². The lowest BCUT2D eigenvalue weighted by Gasteiger charge is -1.99. The summed E-state index contributed by atoms with van der Waals surface area (Å²) >= 11 is 0. The third-order valence-corrected chi connectivity index (χ3v) is 3.02. The Balaban J connectivity index is 0.00000116. The van der Waals surface area contributed by atoms with Crippen molar-refractivity contribution in [2.24, 2.45) is 0 Å². The van der Waals surface area contributed by atoms with E-state index in [2.05, 4.69) is 9.72 Å². The number of esters is 1. The highest BCUT2D eigenvalue weighted by Crippen LogP contribution is 2.23. The molecule has 5 nitrogen and oxygen atoms in total. The number of ether oxygens (including phenoxy) is 1. The lowest BCUT2D eigenvalue weighted by molar-refractivity contribution is 0.0600. The number of aryl methyl sites for hydroxylation is 2. The van der Waals surface area contributed by atoms with Gasteiger partial charge in [0.2, 0.25) is 5.89 Å². The molecule has 0 radical (unpaired) electrons. The number of aliphatic hydroxyl groups excluding tert-OH is 1. The third kappa shape index (κ3) is 4.43. The number of nitrogens with zero attached hydrogens (tertiary/aromatic N) is 1. The third-order valence-electron chi connectivity index (χ3n) is 3.02. The van der Waals surface area contributed by atoms with Crippen molar-refractivity contribution < 1.29 is 19.1 Å². The van der Waals surface area contributed by atoms with Crippen LogP contribution in [0.25, 0.3) is 11.5 Å². The minimum atomic E-state index is -0.372. The van der Waals surface area contributed by atoms with E-state index in [-0.39, 0.29) is 12.6 Å². The van der Waals surface area contributed by atoms with E-state index in [1.54, 1.807) is 24.3 Å². The van der Waals surface area contributed by atoms with Crippen LogP contribution in [0.4, 0.5) is 0 Å². The standard InChI is InChI=1S/C15H17NO4.C2H6/c1-10-13(4-3-9-17)16-14(20-10)11-5-7-12(8-6-11)15(18)19-2;1-2/h5-8,17H,3-4,9H2,1-2H3;1-2H3. The quantitative estimate of drug-likeness (QED) is 0.857. The van der Waals surface area contributed by atoms with Crippen LogP contribution in [0.5, 0.6) is 0 Å². The Kier molecular flexibility index (Phi) is 7.32. The number of aliphatic hydroxyl groups is 1. The number of benzene rings is 1. The van der Waals surface area contributed by atoms with Gasteiger partial charge in [0.1, 0.15) is 5.76 Å². The van der Waals surface area contributed by atoms with Gasteiger partial charge in [0.05, 0.1) is 18.4 Å². The molecule has 0 bridgehead atoms. The molecule has 2 rings (SSSR count). The highest BCUT2D eigenvalue weighted by Gasteiger charge is 2.12. The Morgan fingerprint density at radius 1 is 1.27 bits per heavy atom. The second-order valence-corrected chi connectivity index (χ2v) is 4.42. The van der Waals surface area contributed by atoms with Gasteiger partial charge in [-0.2, -0.15) is 0 Å². The van der Waals surface area contributed by atoms with Gasteiger partial charge in [0.15, 0.2) is 0 Å². The van der Waals surface area contributed by atoms with E-state index in [0.29, 0.717) is 24.3 Å². The number of aromatic nitrogens is 1. The zero-order valence-electron chi connectivity index (χ0n) is 13.5. The van der Waals surface area contributed by atoms with Gasteiger partial charge < -0.3 is 14.3 Å². The number of methoxy groups -OCH3 is 1. The molecule has 22 heavy (non-hydrogen) atoms. The van der Waals surface area contributed by atoms with Gasteiger partial charge in [0.25, 0.3) is 0 Å². The summed E-state index contributed by atoms with van der Waals surface area (Å²) in [5.74, 6) is 0.904. The summed E-state index contributed by atoms with van der Waals surface area (Å²) in [6.45, 7) is 5.99. The highest BCUT2D eigenvalue weighted by atomic mass is 16.5. The van der Waals surface area contributed by atoms with Crippen molar-refractivity contribution in [3.8, 4) is 11.5 Å². The molecule has 1 N–H and O–H groups in total. The fraction of sp³-hybridized carbons (Fsp3) is 0.412. The van der Waals surface area contributed by atoms with Crippen molar-refractivity contribution in [2.75, 3.05) is 13.7 Å². The number of hydrogen-bond donors (Lipinski definition) is 1. The first-order chi connectivity index (χ1) is 10.7. The lowest BCUT2D eigenvalue weighted by Crippen LogP contribution is -2.00. The van der Waals surface area contributed by atoms with Crippen molar-refractivity contribution in [2.45, 2.75) is 33.6 Å². The SMILES string of the molecule is CC.COC(=O)c1ccc(-c2nc(CCCO)c(C)o2)cc1. The Morgan fingerprint density at radius 3 is 2.45 bits per heavy atom. The summed E-state index contributed by atoms with van der Waals surface area (Å²) in [6.07, 6.45) is 1.35. The van der Waals surface area contributed by atoms with Crippen LogP contribution in [0, 0.1) is 6.92 Å². The first-order valence-electron chi connectivity index (χ1n) is 7.41. The number of rotatable bonds is 5. The van der Waals surface area contributed by atoms with Crippen LogP contribution < -0.4 is 0 Å². The molecule has 120 valence electrons. The lowest BCUT2D eigenvalue weighted by atomic mass is 10.1. The van der Waals surface area contributed by atoms with Crippen molar-refractivity contribution in [1.29, 1.82) is 0 Å². The van der Waals surface area contributed by atoms with Gasteiger partial charge in [-0.05, 0) is 44.0 Å². The molecule has 1 heterocycles. The topological polar surface area (TPSA) is 72.6 Å². The molecule has 0 spiro atoms. The summed E-state index contributed by atoms with van der Waals surface area (Å²) < 4.78 is 10.3. The van der Waals surface area contributed by atoms with Gasteiger partial charge in [0, 0.05) is 12.2 Å². The monoisotopic (exact) mass is 305 g/mol. The van der Waals surface area contributed by atoms with Gasteiger partial charge in [-0.3, -0.25) is 0 Å². The van der Waals surface area contributed by atoms with Crippen molar-refractivity contribution >= 4 is 5.97 Å². The summed E-state index contributed by atoms with van der Waals surface area (Å²) in [7, 11) is 1.35. The molecule has 2 aromatic rings. The van der Waals surface area contributed by atoms with Crippen LogP contribution >= 0.6 is 0 Å². The van der Waals surface area contributed by atoms with Crippen LogP contribution in [0.2, 0.25) is 0 Å². The molecule has 1 aromatic carbocycles. The van der Waals surface area contributed by atoms with E-state index in [9.17, 15) is 4.79 Å². The van der Waals surface area contributed by atoms with Gasteiger partial charge in [-0.15, -0.1) is 0 Å². The summed E-state index contributed by atoms with van der Waals surface area (Å²) in [5.41, 5.74) is 2.14. The molecule has 0 aliphatic rings. The van der Waals surface area contributed by atoms with Crippen LogP contribution in [0.3, 0.4) is 0 Å². The molecule has 0 unspecified atom stereocenters. The van der Waals surface area contributed by atoms with Crippen LogP contribution in [-0.4, -0.2) is 29.8 Å². The van der Waals surface area contributed by atoms with Gasteiger partial charge in [-0.25, -0.2) is 9.78 Å². The molecule has 0 aliphatic heterocycles. The Bertz CT molecular complexity index is 587. The van der Waals surface area contributed by atoms with E-state index in [0.717, 1.165) is 17.0 Å². The number of carbonyl (C=O) groups excluding carboxylic acids is 1. The van der Waals surface area contributed by atoms with Crippen molar-refractivity contribution in [3.05, 3.63) is 41.3 Å². The molecule has 0 fully saturated rings. The molecule has 0 saturated carbocycles. The number of hydrogen-bond acceptors (Lipinski definition) is 5. The first kappa shape index (κ1) is 17.9. The fourth-order valence-electron chi connectivity index (χ4n) is 1.90. The molecular weight excluding hydrogens is 282 g/mol. The minimum absolute atomic E-state index is 0.134. The van der Waals surface area contributed by atoms with E-state index in [4.69, 9.17) is 9.52 Å². The second-order valence-electron chi connectivity index (χ2n) is 4.42. The van der Waals surface area contributed by atoms with E-state index in [1.165, 1.54) is 7.11 Å². The Morgan fingerprint density at radius 2 is 1.91 bits per heavy atom. The zero-order valence-corrected chi connectivity index (χ0v) is 13.5. The van der Waals surface area contributed by atoms with Crippen LogP contribution in [0.15, 0.2) is 28.7 Å². The second kappa shape index (κ2) is 9.00. The summed E-state index contributed by atoms with van der Waals surface area (Å²) in [6, 6.07) is 6.89.